The average Bonchev–Trinajstić information content (AvgIpc) is 3.21. The van der Waals surface area contributed by atoms with Crippen molar-refractivity contribution in [1.29, 1.82) is 0 Å². The van der Waals surface area contributed by atoms with Gasteiger partial charge in [0.1, 0.15) is 12.4 Å². The van der Waals surface area contributed by atoms with Gasteiger partial charge in [0.15, 0.2) is 0 Å². The first-order chi connectivity index (χ1) is 17.3. The Hall–Kier alpha value is -0.790. The van der Waals surface area contributed by atoms with E-state index in [9.17, 15) is 0 Å². The number of hydrogen-bond donors (Lipinski definition) is 0. The highest BCUT2D eigenvalue weighted by molar-refractivity contribution is 4.84. The number of unbranched alkanes of at least 4 members (excludes halogenated alkanes) is 23. The van der Waals surface area contributed by atoms with Crippen LogP contribution < -0.4 is 4.57 Å². The molecule has 2 heteroatoms. The third-order valence-electron chi connectivity index (χ3n) is 7.97. The molecule has 0 N–H and O–H groups in total. The van der Waals surface area contributed by atoms with E-state index in [1.165, 1.54) is 179 Å². The zero-order chi connectivity index (χ0) is 25.2. The lowest BCUT2D eigenvalue weighted by atomic mass is 10.0. The van der Waals surface area contributed by atoms with E-state index in [0.717, 1.165) is 0 Å². The SMILES string of the molecule is CCCCCCCCCCCCCCCCCn1cc[n+](C)c1CCCCCCCCCCCC. The van der Waals surface area contributed by atoms with Gasteiger partial charge in [0, 0.05) is 6.42 Å². The normalized spacial score (nSPS) is 11.5. The Labute approximate surface area is 221 Å². The van der Waals surface area contributed by atoms with Crippen LogP contribution in [-0.4, -0.2) is 4.57 Å². The van der Waals surface area contributed by atoms with Gasteiger partial charge in [0.25, 0.3) is 5.82 Å². The molecular formula is C33H65N2+. The van der Waals surface area contributed by atoms with Crippen molar-refractivity contribution in [3.8, 4) is 0 Å². The molecule has 0 aliphatic rings. The molecule has 1 aromatic heterocycles. The lowest BCUT2D eigenvalue weighted by molar-refractivity contribution is -0.678. The maximum atomic E-state index is 2.54. The van der Waals surface area contributed by atoms with Gasteiger partial charge in [-0.05, 0) is 19.3 Å². The first-order valence-corrected chi connectivity index (χ1v) is 16.3. The zero-order valence-electron chi connectivity index (χ0n) is 24.6. The quantitative estimate of drug-likeness (QED) is 0.0858. The molecule has 0 atom stereocenters. The zero-order valence-corrected chi connectivity index (χ0v) is 24.6. The van der Waals surface area contributed by atoms with Crippen LogP contribution >= 0.6 is 0 Å². The van der Waals surface area contributed by atoms with Crippen molar-refractivity contribution in [2.75, 3.05) is 0 Å². The Balaban J connectivity index is 1.94. The summed E-state index contributed by atoms with van der Waals surface area (Å²) in [5.41, 5.74) is 0. The number of rotatable bonds is 27. The number of aromatic nitrogens is 2. The summed E-state index contributed by atoms with van der Waals surface area (Å²) in [6.07, 6.45) is 41.7. The van der Waals surface area contributed by atoms with Crippen molar-refractivity contribution in [1.82, 2.24) is 4.57 Å². The smallest absolute Gasteiger partial charge is 0.237 e. The van der Waals surface area contributed by atoms with Crippen molar-refractivity contribution in [2.24, 2.45) is 7.05 Å². The van der Waals surface area contributed by atoms with Crippen LogP contribution in [-0.2, 0) is 20.0 Å². The summed E-state index contributed by atoms with van der Waals surface area (Å²) in [5.74, 6) is 1.54. The average molecular weight is 490 g/mol. The van der Waals surface area contributed by atoms with Gasteiger partial charge < -0.3 is 0 Å². The first kappa shape index (κ1) is 32.2. The Morgan fingerprint density at radius 1 is 0.486 bits per heavy atom. The lowest BCUT2D eigenvalue weighted by Gasteiger charge is -2.05. The predicted molar refractivity (Wildman–Crippen MR) is 156 cm³/mol. The summed E-state index contributed by atoms with van der Waals surface area (Å²) in [4.78, 5) is 0. The second kappa shape index (κ2) is 24.9. The standard InChI is InChI=1S/C33H65N2/c1-4-6-8-10-12-14-16-17-18-19-20-22-24-26-28-30-35-32-31-34(3)33(35)29-27-25-23-21-15-13-11-9-7-5-2/h31-32H,4-30H2,1-3H3/q+1. The Morgan fingerprint density at radius 2 is 0.829 bits per heavy atom. The van der Waals surface area contributed by atoms with Gasteiger partial charge in [-0.1, -0.05) is 155 Å². The molecule has 0 radical (unpaired) electrons. The second-order valence-corrected chi connectivity index (χ2v) is 11.4. The van der Waals surface area contributed by atoms with Gasteiger partial charge >= 0.3 is 0 Å². The molecule has 2 nitrogen and oxygen atoms in total. The topological polar surface area (TPSA) is 8.81 Å². The maximum absolute atomic E-state index is 2.54. The van der Waals surface area contributed by atoms with Gasteiger partial charge in [-0.2, -0.15) is 0 Å². The predicted octanol–water partition coefficient (Wildman–Crippen LogP) is 10.6. The molecule has 1 rings (SSSR count). The molecule has 0 aliphatic carbocycles. The largest absolute Gasteiger partial charge is 0.256 e. The summed E-state index contributed by atoms with van der Waals surface area (Å²) in [7, 11) is 2.23. The van der Waals surface area contributed by atoms with Crippen LogP contribution in [0.4, 0.5) is 0 Å². The molecule has 0 unspecified atom stereocenters. The van der Waals surface area contributed by atoms with Crippen LogP contribution in [0, 0.1) is 0 Å². The minimum absolute atomic E-state index is 1.21. The van der Waals surface area contributed by atoms with E-state index >= 15 is 0 Å². The summed E-state index contributed by atoms with van der Waals surface area (Å²) in [6.45, 7) is 5.82. The van der Waals surface area contributed by atoms with Crippen LogP contribution in [0.2, 0.25) is 0 Å². The van der Waals surface area contributed by atoms with Crippen molar-refractivity contribution >= 4 is 0 Å². The van der Waals surface area contributed by atoms with E-state index < -0.39 is 0 Å². The highest BCUT2D eigenvalue weighted by atomic mass is 15.1. The number of nitrogens with zero attached hydrogens (tertiary/aromatic N) is 2. The number of imidazole rings is 1. The van der Waals surface area contributed by atoms with E-state index in [-0.39, 0.29) is 0 Å². The van der Waals surface area contributed by atoms with Gasteiger partial charge in [-0.25, -0.2) is 9.13 Å². The monoisotopic (exact) mass is 490 g/mol. The van der Waals surface area contributed by atoms with Gasteiger partial charge in [0.05, 0.1) is 13.6 Å². The molecule has 1 heterocycles. The van der Waals surface area contributed by atoms with E-state index in [1.807, 2.05) is 0 Å². The van der Waals surface area contributed by atoms with Crippen LogP contribution in [0.1, 0.15) is 180 Å². The van der Waals surface area contributed by atoms with Crippen molar-refractivity contribution < 1.29 is 4.57 Å². The Bertz CT molecular complexity index is 547. The van der Waals surface area contributed by atoms with Crippen LogP contribution in [0.25, 0.3) is 0 Å². The molecular weight excluding hydrogens is 424 g/mol. The highest BCUT2D eigenvalue weighted by Crippen LogP contribution is 2.15. The fourth-order valence-corrected chi connectivity index (χ4v) is 5.50. The summed E-state index contributed by atoms with van der Waals surface area (Å²) < 4.78 is 4.90. The lowest BCUT2D eigenvalue weighted by Crippen LogP contribution is -2.32. The minimum atomic E-state index is 1.21. The summed E-state index contributed by atoms with van der Waals surface area (Å²) in [5, 5.41) is 0. The van der Waals surface area contributed by atoms with E-state index in [2.05, 4.69) is 42.4 Å². The molecule has 0 amide bonds. The van der Waals surface area contributed by atoms with Crippen molar-refractivity contribution in [3.05, 3.63) is 18.2 Å². The van der Waals surface area contributed by atoms with Gasteiger partial charge in [-0.3, -0.25) is 0 Å². The Morgan fingerprint density at radius 3 is 1.23 bits per heavy atom. The molecule has 35 heavy (non-hydrogen) atoms. The second-order valence-electron chi connectivity index (χ2n) is 11.4. The van der Waals surface area contributed by atoms with E-state index in [0.29, 0.717) is 0 Å². The van der Waals surface area contributed by atoms with E-state index in [1.54, 1.807) is 0 Å². The van der Waals surface area contributed by atoms with Crippen molar-refractivity contribution in [3.63, 3.8) is 0 Å². The molecule has 0 aromatic carbocycles. The first-order valence-electron chi connectivity index (χ1n) is 16.3. The van der Waals surface area contributed by atoms with Crippen LogP contribution in [0.5, 0.6) is 0 Å². The fraction of sp³-hybridized carbons (Fsp3) is 0.909. The molecule has 0 spiro atoms. The van der Waals surface area contributed by atoms with E-state index in [4.69, 9.17) is 0 Å². The summed E-state index contributed by atoms with van der Waals surface area (Å²) in [6, 6.07) is 0. The molecule has 0 aliphatic heterocycles. The van der Waals surface area contributed by atoms with Crippen LogP contribution in [0.15, 0.2) is 12.4 Å². The molecule has 0 saturated heterocycles. The fourth-order valence-electron chi connectivity index (χ4n) is 5.50. The van der Waals surface area contributed by atoms with Crippen LogP contribution in [0.3, 0.4) is 0 Å². The molecule has 0 fully saturated rings. The maximum Gasteiger partial charge on any atom is 0.256 e. The molecule has 0 saturated carbocycles. The third kappa shape index (κ3) is 19.0. The number of aryl methyl sites for hydroxylation is 2. The highest BCUT2D eigenvalue weighted by Gasteiger charge is 2.13. The molecule has 206 valence electrons. The minimum Gasteiger partial charge on any atom is -0.237 e. The molecule has 0 bridgehead atoms. The Kier molecular flexibility index (Phi) is 22.9. The molecule has 1 aromatic rings. The summed E-state index contributed by atoms with van der Waals surface area (Å²) >= 11 is 0. The number of hydrogen-bond acceptors (Lipinski definition) is 0. The third-order valence-corrected chi connectivity index (χ3v) is 7.97. The van der Waals surface area contributed by atoms with Crippen molar-refractivity contribution in [2.45, 2.75) is 187 Å². The van der Waals surface area contributed by atoms with Gasteiger partial charge in [-0.15, -0.1) is 0 Å². The van der Waals surface area contributed by atoms with Gasteiger partial charge in [0.2, 0.25) is 0 Å².